The summed E-state index contributed by atoms with van der Waals surface area (Å²) in [7, 11) is 0. The molecule has 0 aromatic heterocycles. The Bertz CT molecular complexity index is 687. The summed E-state index contributed by atoms with van der Waals surface area (Å²) in [6.45, 7) is 1.52. The first kappa shape index (κ1) is 12.5. The minimum absolute atomic E-state index is 0.717. The van der Waals surface area contributed by atoms with Gasteiger partial charge in [-0.1, -0.05) is 18.2 Å². The van der Waals surface area contributed by atoms with Crippen molar-refractivity contribution in [3.05, 3.63) is 53.6 Å². The van der Waals surface area contributed by atoms with Crippen LogP contribution in [0.5, 0.6) is 11.5 Å². The van der Waals surface area contributed by atoms with E-state index in [1.807, 2.05) is 56.3 Å². The molecule has 1 aliphatic heterocycles. The van der Waals surface area contributed by atoms with Crippen molar-refractivity contribution in [2.45, 2.75) is 13.8 Å². The van der Waals surface area contributed by atoms with Crippen LogP contribution in [0.15, 0.2) is 42.5 Å². The molecule has 5 heteroatoms. The van der Waals surface area contributed by atoms with Crippen molar-refractivity contribution in [1.82, 2.24) is 0 Å². The van der Waals surface area contributed by atoms with E-state index >= 15 is 0 Å². The molecule has 1 aliphatic rings. The van der Waals surface area contributed by atoms with Gasteiger partial charge in [0.1, 0.15) is 0 Å². The summed E-state index contributed by atoms with van der Waals surface area (Å²) in [6.07, 6.45) is 0. The van der Waals surface area contributed by atoms with Crippen LogP contribution in [-0.4, -0.2) is 0 Å². The van der Waals surface area contributed by atoms with E-state index in [0.717, 1.165) is 17.0 Å². The van der Waals surface area contributed by atoms with E-state index in [1.165, 1.54) is 5.56 Å². The van der Waals surface area contributed by atoms with Crippen LogP contribution in [0.4, 0.5) is 5.69 Å². The zero-order chi connectivity index (χ0) is 13.5. The zero-order valence-corrected chi connectivity index (χ0v) is 12.4. The number of hydrogen-bond donors (Lipinski definition) is 1. The molecule has 0 saturated carbocycles. The monoisotopic (exact) mass is 291 g/mol. The molecule has 0 bridgehead atoms. The highest BCUT2D eigenvalue weighted by Gasteiger charge is 2.32. The summed E-state index contributed by atoms with van der Waals surface area (Å²) in [5.74, 6) is 1.44. The summed E-state index contributed by atoms with van der Waals surface area (Å²) in [4.78, 5) is 0. The molecule has 2 aromatic rings. The van der Waals surface area contributed by atoms with Crippen LogP contribution in [0.25, 0.3) is 0 Å². The fraction of sp³-hybridized carbons (Fsp3) is 0.143. The maximum absolute atomic E-state index is 5.81. The minimum Gasteiger partial charge on any atom is -0.417 e. The van der Waals surface area contributed by atoms with Crippen molar-refractivity contribution in [3.63, 3.8) is 0 Å². The van der Waals surface area contributed by atoms with Gasteiger partial charge in [-0.2, -0.15) is 0 Å². The summed E-state index contributed by atoms with van der Waals surface area (Å²) in [5, 5.41) is 3.21. The molecule has 0 saturated heterocycles. The van der Waals surface area contributed by atoms with Crippen molar-refractivity contribution in [1.29, 1.82) is 0 Å². The van der Waals surface area contributed by atoms with Gasteiger partial charge in [0, 0.05) is 17.5 Å². The van der Waals surface area contributed by atoms with E-state index in [4.69, 9.17) is 20.9 Å². The lowest BCUT2D eigenvalue weighted by atomic mass is 10.2. The number of fused-ring (bicyclic) bond motifs is 1. The lowest BCUT2D eigenvalue weighted by molar-refractivity contribution is 0.577. The van der Waals surface area contributed by atoms with E-state index in [0.29, 0.717) is 5.75 Å². The van der Waals surface area contributed by atoms with Crippen LogP contribution in [0.2, 0.25) is 0 Å². The van der Waals surface area contributed by atoms with Gasteiger partial charge in [-0.05, 0) is 49.2 Å². The Morgan fingerprint density at radius 3 is 2.47 bits per heavy atom. The summed E-state index contributed by atoms with van der Waals surface area (Å²) in [6, 6.07) is 13.8. The van der Waals surface area contributed by atoms with Crippen LogP contribution in [0.1, 0.15) is 11.1 Å². The van der Waals surface area contributed by atoms with Gasteiger partial charge < -0.3 is 9.05 Å². The van der Waals surface area contributed by atoms with Gasteiger partial charge in [-0.3, -0.25) is 5.09 Å². The predicted octanol–water partition coefficient (Wildman–Crippen LogP) is 4.41. The van der Waals surface area contributed by atoms with Crippen molar-refractivity contribution >= 4 is 24.1 Å². The van der Waals surface area contributed by atoms with Gasteiger partial charge in [0.05, 0.1) is 0 Å². The average Bonchev–Trinajstić information content (AvgIpc) is 2.64. The van der Waals surface area contributed by atoms with Gasteiger partial charge in [-0.25, -0.2) is 0 Å². The Morgan fingerprint density at radius 2 is 1.68 bits per heavy atom. The van der Waals surface area contributed by atoms with E-state index in [2.05, 4.69) is 5.09 Å². The van der Waals surface area contributed by atoms with Gasteiger partial charge in [0.2, 0.25) is 0 Å². The summed E-state index contributed by atoms with van der Waals surface area (Å²) >= 11 is 5.50. The smallest absolute Gasteiger partial charge is 0.392 e. The normalized spacial score (nSPS) is 20.3. The molecule has 3 nitrogen and oxygen atoms in total. The number of rotatable bonds is 2. The summed E-state index contributed by atoms with van der Waals surface area (Å²) < 4.78 is 11.6. The van der Waals surface area contributed by atoms with Crippen LogP contribution in [0, 0.1) is 13.8 Å². The molecule has 0 radical (unpaired) electrons. The maximum Gasteiger partial charge on any atom is 0.392 e. The molecular formula is C14H14NO2PS. The molecule has 0 amide bonds. The van der Waals surface area contributed by atoms with Crippen molar-refractivity contribution < 1.29 is 9.05 Å². The highest BCUT2D eigenvalue weighted by molar-refractivity contribution is 8.11. The second kappa shape index (κ2) is 4.55. The molecule has 1 unspecified atom stereocenters. The van der Waals surface area contributed by atoms with Crippen LogP contribution in [0.3, 0.4) is 0 Å². The molecule has 19 heavy (non-hydrogen) atoms. The second-order valence-electron chi connectivity index (χ2n) is 4.61. The second-order valence-corrected chi connectivity index (χ2v) is 7.64. The largest absolute Gasteiger partial charge is 0.417 e. The zero-order valence-electron chi connectivity index (χ0n) is 10.7. The number of hydrogen-bond acceptors (Lipinski definition) is 3. The van der Waals surface area contributed by atoms with Crippen molar-refractivity contribution in [3.8, 4) is 11.5 Å². The molecule has 1 atom stereocenters. The third-order valence-electron chi connectivity index (χ3n) is 2.82. The lowest BCUT2D eigenvalue weighted by Crippen LogP contribution is -2.03. The van der Waals surface area contributed by atoms with E-state index in [9.17, 15) is 0 Å². The van der Waals surface area contributed by atoms with Gasteiger partial charge in [0.15, 0.2) is 11.5 Å². The van der Waals surface area contributed by atoms with Gasteiger partial charge >= 0.3 is 6.64 Å². The average molecular weight is 291 g/mol. The topological polar surface area (TPSA) is 30.5 Å². The van der Waals surface area contributed by atoms with E-state index in [1.54, 1.807) is 0 Å². The van der Waals surface area contributed by atoms with Crippen LogP contribution >= 0.6 is 6.64 Å². The Labute approximate surface area is 117 Å². The maximum atomic E-state index is 5.81. The minimum atomic E-state index is -2.53. The molecule has 1 N–H and O–H groups in total. The number of anilines is 1. The van der Waals surface area contributed by atoms with Crippen molar-refractivity contribution in [2.75, 3.05) is 5.09 Å². The molecular weight excluding hydrogens is 277 g/mol. The third-order valence-corrected chi connectivity index (χ3v) is 4.95. The highest BCUT2D eigenvalue weighted by atomic mass is 32.5. The SMILES string of the molecule is Cc1cccc(NP2(=S)Oc3ccc(C)cc3O2)c1. The molecule has 1 heterocycles. The number of nitrogens with one attached hydrogen (secondary N) is 1. The standard InChI is InChI=1S/C14H14NO2PS/c1-10-4-3-5-12(8-10)15-18(19)16-13-7-6-11(2)9-14(13)17-18/h3-9H,1-2H3,(H,15,19). The fourth-order valence-corrected chi connectivity index (χ4v) is 4.15. The first-order valence-electron chi connectivity index (χ1n) is 5.99. The fourth-order valence-electron chi connectivity index (χ4n) is 1.96. The predicted molar refractivity (Wildman–Crippen MR) is 81.5 cm³/mol. The molecule has 3 rings (SSSR count). The Hall–Kier alpha value is -1.51. The highest BCUT2D eigenvalue weighted by Crippen LogP contribution is 2.58. The molecule has 0 spiro atoms. The Kier molecular flexibility index (Phi) is 3.00. The first-order chi connectivity index (χ1) is 9.04. The van der Waals surface area contributed by atoms with E-state index in [-0.39, 0.29) is 0 Å². The molecule has 2 aromatic carbocycles. The first-order valence-corrected chi connectivity index (χ1v) is 8.63. The Morgan fingerprint density at radius 1 is 0.947 bits per heavy atom. The number of benzene rings is 2. The molecule has 0 aliphatic carbocycles. The van der Waals surface area contributed by atoms with Gasteiger partial charge in [-0.15, -0.1) is 0 Å². The van der Waals surface area contributed by atoms with Gasteiger partial charge in [0.25, 0.3) is 0 Å². The van der Waals surface area contributed by atoms with Crippen molar-refractivity contribution in [2.24, 2.45) is 0 Å². The summed E-state index contributed by atoms with van der Waals surface area (Å²) in [5.41, 5.74) is 3.22. The third kappa shape index (κ3) is 2.60. The lowest BCUT2D eigenvalue weighted by Gasteiger charge is -2.16. The quantitative estimate of drug-likeness (QED) is 0.830. The van der Waals surface area contributed by atoms with Crippen LogP contribution in [-0.2, 0) is 11.8 Å². The molecule has 98 valence electrons. The van der Waals surface area contributed by atoms with E-state index < -0.39 is 6.64 Å². The molecule has 0 fully saturated rings. The van der Waals surface area contributed by atoms with Crippen LogP contribution < -0.4 is 14.1 Å². The Balaban J connectivity index is 1.86. The number of aryl methyl sites for hydroxylation is 2.